The van der Waals surface area contributed by atoms with Gasteiger partial charge in [0.05, 0.1) is 12.7 Å². The summed E-state index contributed by atoms with van der Waals surface area (Å²) in [7, 11) is 1.28. The number of esters is 1. The van der Waals surface area contributed by atoms with Gasteiger partial charge in [-0.3, -0.25) is 0 Å². The molecule has 22 heavy (non-hydrogen) atoms. The SMILES string of the molecule is COC(=O)c1ccc(F)cc1-c1ccc(O)c2ccccc12. The van der Waals surface area contributed by atoms with Crippen LogP contribution in [0.1, 0.15) is 10.4 Å². The Labute approximate surface area is 126 Å². The Bertz CT molecular complexity index is 871. The van der Waals surface area contributed by atoms with Crippen LogP contribution in [0.5, 0.6) is 5.75 Å². The maximum atomic E-state index is 13.7. The first kappa shape index (κ1) is 14.1. The number of ether oxygens (including phenoxy) is 1. The number of phenolic OH excluding ortho intramolecular Hbond substituents is 1. The lowest BCUT2D eigenvalue weighted by Gasteiger charge is -2.12. The molecule has 0 spiro atoms. The molecule has 3 rings (SSSR count). The molecule has 0 heterocycles. The first-order chi connectivity index (χ1) is 10.6. The molecule has 110 valence electrons. The van der Waals surface area contributed by atoms with E-state index in [2.05, 4.69) is 0 Å². The van der Waals surface area contributed by atoms with E-state index in [1.165, 1.54) is 31.4 Å². The van der Waals surface area contributed by atoms with Gasteiger partial charge in [-0.1, -0.05) is 30.3 Å². The maximum absolute atomic E-state index is 13.7. The van der Waals surface area contributed by atoms with Gasteiger partial charge in [0.2, 0.25) is 0 Å². The van der Waals surface area contributed by atoms with Crippen molar-refractivity contribution in [1.29, 1.82) is 0 Å². The zero-order valence-electron chi connectivity index (χ0n) is 11.8. The molecule has 3 aromatic rings. The third-order valence-electron chi connectivity index (χ3n) is 3.58. The van der Waals surface area contributed by atoms with Crippen molar-refractivity contribution in [1.82, 2.24) is 0 Å². The van der Waals surface area contributed by atoms with Gasteiger partial charge >= 0.3 is 5.97 Å². The number of hydrogen-bond donors (Lipinski definition) is 1. The number of methoxy groups -OCH3 is 1. The lowest BCUT2D eigenvalue weighted by Crippen LogP contribution is -2.04. The number of halogens is 1. The van der Waals surface area contributed by atoms with Crippen LogP contribution in [0.25, 0.3) is 21.9 Å². The Morgan fingerprint density at radius 3 is 2.45 bits per heavy atom. The van der Waals surface area contributed by atoms with Crippen LogP contribution in [0.15, 0.2) is 54.6 Å². The van der Waals surface area contributed by atoms with Crippen LogP contribution in [-0.2, 0) is 4.74 Å². The second kappa shape index (κ2) is 5.48. The standard InChI is InChI=1S/C18H13FO3/c1-22-18(21)15-7-6-11(19)10-16(15)13-8-9-17(20)14-5-3-2-4-12(13)14/h2-10,20H,1H3. The fourth-order valence-corrected chi connectivity index (χ4v) is 2.55. The van der Waals surface area contributed by atoms with Gasteiger partial charge in [-0.25, -0.2) is 9.18 Å². The summed E-state index contributed by atoms with van der Waals surface area (Å²) in [5.74, 6) is -0.845. The van der Waals surface area contributed by atoms with Crippen molar-refractivity contribution in [3.63, 3.8) is 0 Å². The summed E-state index contributed by atoms with van der Waals surface area (Å²) in [6.45, 7) is 0. The van der Waals surface area contributed by atoms with Gasteiger partial charge in [-0.05, 0) is 40.8 Å². The van der Waals surface area contributed by atoms with Gasteiger partial charge in [-0.15, -0.1) is 0 Å². The van der Waals surface area contributed by atoms with Crippen molar-refractivity contribution in [2.45, 2.75) is 0 Å². The highest BCUT2D eigenvalue weighted by molar-refractivity contribution is 6.05. The zero-order chi connectivity index (χ0) is 15.7. The summed E-state index contributed by atoms with van der Waals surface area (Å²) in [5, 5.41) is 11.3. The van der Waals surface area contributed by atoms with Crippen molar-refractivity contribution in [3.8, 4) is 16.9 Å². The van der Waals surface area contributed by atoms with Gasteiger partial charge in [-0.2, -0.15) is 0 Å². The number of rotatable bonds is 2. The summed E-state index contributed by atoms with van der Waals surface area (Å²) in [4.78, 5) is 11.9. The minimum absolute atomic E-state index is 0.135. The Morgan fingerprint density at radius 1 is 1.00 bits per heavy atom. The molecule has 0 aliphatic heterocycles. The summed E-state index contributed by atoms with van der Waals surface area (Å²) >= 11 is 0. The topological polar surface area (TPSA) is 46.5 Å². The van der Waals surface area contributed by atoms with Gasteiger partial charge in [0, 0.05) is 5.39 Å². The average Bonchev–Trinajstić information content (AvgIpc) is 2.55. The molecule has 0 saturated heterocycles. The molecule has 0 atom stereocenters. The monoisotopic (exact) mass is 296 g/mol. The quantitative estimate of drug-likeness (QED) is 0.723. The van der Waals surface area contributed by atoms with E-state index in [-0.39, 0.29) is 11.3 Å². The highest BCUT2D eigenvalue weighted by Gasteiger charge is 2.16. The number of phenols is 1. The minimum atomic E-state index is -0.535. The average molecular weight is 296 g/mol. The van der Waals surface area contributed by atoms with Crippen LogP contribution in [0.4, 0.5) is 4.39 Å². The molecule has 0 bridgehead atoms. The van der Waals surface area contributed by atoms with Crippen LogP contribution in [-0.4, -0.2) is 18.2 Å². The number of fused-ring (bicyclic) bond motifs is 1. The second-order valence-corrected chi connectivity index (χ2v) is 4.86. The smallest absolute Gasteiger partial charge is 0.338 e. The molecule has 4 heteroatoms. The molecule has 0 radical (unpaired) electrons. The highest BCUT2D eigenvalue weighted by Crippen LogP contribution is 2.35. The van der Waals surface area contributed by atoms with E-state index in [1.54, 1.807) is 18.2 Å². The van der Waals surface area contributed by atoms with E-state index < -0.39 is 11.8 Å². The van der Waals surface area contributed by atoms with Gasteiger partial charge in [0.15, 0.2) is 0 Å². The van der Waals surface area contributed by atoms with Crippen LogP contribution in [0.3, 0.4) is 0 Å². The van der Waals surface area contributed by atoms with E-state index in [4.69, 9.17) is 4.74 Å². The predicted octanol–water partition coefficient (Wildman–Crippen LogP) is 4.14. The van der Waals surface area contributed by atoms with Crippen LogP contribution < -0.4 is 0 Å². The fourth-order valence-electron chi connectivity index (χ4n) is 2.55. The van der Waals surface area contributed by atoms with E-state index in [0.29, 0.717) is 16.5 Å². The van der Waals surface area contributed by atoms with Crippen molar-refractivity contribution in [3.05, 3.63) is 66.0 Å². The summed E-state index contributed by atoms with van der Waals surface area (Å²) in [6, 6.07) is 14.3. The van der Waals surface area contributed by atoms with E-state index in [1.807, 2.05) is 12.1 Å². The first-order valence-corrected chi connectivity index (χ1v) is 6.71. The molecule has 0 saturated carbocycles. The fraction of sp³-hybridized carbons (Fsp3) is 0.0556. The van der Waals surface area contributed by atoms with Crippen LogP contribution >= 0.6 is 0 Å². The zero-order valence-corrected chi connectivity index (χ0v) is 11.8. The van der Waals surface area contributed by atoms with Gasteiger partial charge < -0.3 is 9.84 Å². The number of benzene rings is 3. The number of carbonyl (C=O) groups excluding carboxylic acids is 1. The van der Waals surface area contributed by atoms with Gasteiger partial charge in [0.1, 0.15) is 11.6 Å². The molecule has 0 amide bonds. The first-order valence-electron chi connectivity index (χ1n) is 6.71. The summed E-state index contributed by atoms with van der Waals surface area (Å²) < 4.78 is 18.4. The molecule has 3 nitrogen and oxygen atoms in total. The second-order valence-electron chi connectivity index (χ2n) is 4.86. The van der Waals surface area contributed by atoms with Gasteiger partial charge in [0.25, 0.3) is 0 Å². The number of aromatic hydroxyl groups is 1. The Morgan fingerprint density at radius 2 is 1.73 bits per heavy atom. The molecule has 0 aliphatic rings. The van der Waals surface area contributed by atoms with Crippen LogP contribution in [0, 0.1) is 5.82 Å². The number of hydrogen-bond acceptors (Lipinski definition) is 3. The molecule has 3 aromatic carbocycles. The predicted molar refractivity (Wildman–Crippen MR) is 82.3 cm³/mol. The molecular weight excluding hydrogens is 283 g/mol. The molecule has 1 N–H and O–H groups in total. The molecular formula is C18H13FO3. The van der Waals surface area contributed by atoms with Crippen molar-refractivity contribution < 1.29 is 19.0 Å². The van der Waals surface area contributed by atoms with E-state index in [9.17, 15) is 14.3 Å². The molecule has 0 aromatic heterocycles. The summed E-state index contributed by atoms with van der Waals surface area (Å²) in [5.41, 5.74) is 1.37. The highest BCUT2D eigenvalue weighted by atomic mass is 19.1. The largest absolute Gasteiger partial charge is 0.507 e. The number of carbonyl (C=O) groups is 1. The lowest BCUT2D eigenvalue weighted by atomic mass is 9.94. The minimum Gasteiger partial charge on any atom is -0.507 e. The summed E-state index contributed by atoms with van der Waals surface area (Å²) in [6.07, 6.45) is 0. The van der Waals surface area contributed by atoms with Crippen LogP contribution in [0.2, 0.25) is 0 Å². The van der Waals surface area contributed by atoms with Crippen molar-refractivity contribution >= 4 is 16.7 Å². The molecule has 0 fully saturated rings. The molecule has 0 aliphatic carbocycles. The molecule has 0 unspecified atom stereocenters. The maximum Gasteiger partial charge on any atom is 0.338 e. The van der Waals surface area contributed by atoms with E-state index >= 15 is 0 Å². The van der Waals surface area contributed by atoms with E-state index in [0.717, 1.165) is 5.39 Å². The Hall–Kier alpha value is -2.88. The Kier molecular flexibility index (Phi) is 3.51. The normalized spacial score (nSPS) is 10.6. The third-order valence-corrected chi connectivity index (χ3v) is 3.58. The van der Waals surface area contributed by atoms with Crippen molar-refractivity contribution in [2.24, 2.45) is 0 Å². The Balaban J connectivity index is 2.35. The third kappa shape index (κ3) is 2.29. The van der Waals surface area contributed by atoms with Crippen molar-refractivity contribution in [2.75, 3.05) is 7.11 Å². The lowest BCUT2D eigenvalue weighted by molar-refractivity contribution is 0.0601.